The van der Waals surface area contributed by atoms with Crippen molar-refractivity contribution in [3.8, 4) is 28.6 Å². The van der Waals surface area contributed by atoms with Crippen molar-refractivity contribution in [3.05, 3.63) is 82.9 Å². The normalized spacial score (nSPS) is 14.5. The van der Waals surface area contributed by atoms with E-state index in [1.807, 2.05) is 36.4 Å². The number of benzene rings is 2. The predicted molar refractivity (Wildman–Crippen MR) is 121 cm³/mol. The number of rotatable bonds is 4. The average molecular weight is 456 g/mol. The average Bonchev–Trinajstić information content (AvgIpc) is 3.27. The van der Waals surface area contributed by atoms with E-state index >= 15 is 0 Å². The van der Waals surface area contributed by atoms with Gasteiger partial charge in [-0.05, 0) is 36.6 Å². The molecule has 0 spiro atoms. The van der Waals surface area contributed by atoms with Gasteiger partial charge in [0.05, 0.1) is 17.9 Å². The van der Waals surface area contributed by atoms with Crippen LogP contribution in [0.3, 0.4) is 0 Å². The standard InChI is InChI=1S/C24H18ClN7O/c25-16-8-9-18-17(11-16)23-29-28-20(10-14-4-2-1-3-5-14)31(23)12-19-21(26-13-32(18)19)22-27-24(33-30-22)15-6-7-15/h1-5,8-9,11,13,15H,6-7,10,12H2. The molecular formula is C24H18ClN7O. The van der Waals surface area contributed by atoms with Crippen LogP contribution in [-0.2, 0) is 13.0 Å². The molecule has 1 fully saturated rings. The zero-order valence-electron chi connectivity index (χ0n) is 17.5. The third-order valence-corrected chi connectivity index (χ3v) is 6.48. The monoisotopic (exact) mass is 455 g/mol. The molecule has 162 valence electrons. The fourth-order valence-electron chi connectivity index (χ4n) is 4.40. The Morgan fingerprint density at radius 3 is 2.79 bits per heavy atom. The first-order valence-corrected chi connectivity index (χ1v) is 11.3. The van der Waals surface area contributed by atoms with Gasteiger partial charge in [0.15, 0.2) is 5.82 Å². The summed E-state index contributed by atoms with van der Waals surface area (Å²) in [6, 6.07) is 16.1. The molecular weight excluding hydrogens is 438 g/mol. The minimum atomic E-state index is 0.386. The van der Waals surface area contributed by atoms with E-state index in [-0.39, 0.29) is 0 Å². The fourth-order valence-corrected chi connectivity index (χ4v) is 4.58. The molecule has 1 aliphatic heterocycles. The van der Waals surface area contributed by atoms with E-state index in [1.165, 1.54) is 5.56 Å². The minimum absolute atomic E-state index is 0.386. The van der Waals surface area contributed by atoms with Gasteiger partial charge in [0, 0.05) is 22.9 Å². The molecule has 3 aromatic heterocycles. The molecule has 5 aromatic rings. The number of halogens is 1. The molecule has 8 nitrogen and oxygen atoms in total. The van der Waals surface area contributed by atoms with Crippen molar-refractivity contribution in [3.63, 3.8) is 0 Å². The van der Waals surface area contributed by atoms with Gasteiger partial charge in [-0.2, -0.15) is 4.98 Å². The van der Waals surface area contributed by atoms with E-state index < -0.39 is 0 Å². The smallest absolute Gasteiger partial charge is 0.230 e. The first-order valence-electron chi connectivity index (χ1n) is 10.9. The third kappa shape index (κ3) is 3.09. The highest BCUT2D eigenvalue weighted by Gasteiger charge is 2.32. The lowest BCUT2D eigenvalue weighted by atomic mass is 10.1. The molecule has 1 aliphatic carbocycles. The number of aromatic nitrogens is 7. The lowest BCUT2D eigenvalue weighted by Gasteiger charge is -2.09. The van der Waals surface area contributed by atoms with Crippen molar-refractivity contribution in [1.29, 1.82) is 0 Å². The van der Waals surface area contributed by atoms with Crippen molar-refractivity contribution in [2.75, 3.05) is 0 Å². The second-order valence-corrected chi connectivity index (χ2v) is 8.93. The van der Waals surface area contributed by atoms with E-state index in [4.69, 9.17) is 16.1 Å². The Bertz CT molecular complexity index is 1500. The fraction of sp³-hybridized carbons (Fsp3) is 0.208. The molecule has 1 saturated carbocycles. The number of hydrogen-bond donors (Lipinski definition) is 0. The second-order valence-electron chi connectivity index (χ2n) is 8.49. The molecule has 0 radical (unpaired) electrons. The highest BCUT2D eigenvalue weighted by Crippen LogP contribution is 2.40. The number of hydrogen-bond acceptors (Lipinski definition) is 6. The molecule has 2 aromatic carbocycles. The molecule has 0 atom stereocenters. The van der Waals surface area contributed by atoms with Crippen LogP contribution < -0.4 is 0 Å². The van der Waals surface area contributed by atoms with Gasteiger partial charge in [-0.1, -0.05) is 47.1 Å². The van der Waals surface area contributed by atoms with Crippen molar-refractivity contribution >= 4 is 11.6 Å². The van der Waals surface area contributed by atoms with Crippen LogP contribution in [0.2, 0.25) is 5.02 Å². The van der Waals surface area contributed by atoms with Crippen molar-refractivity contribution in [2.24, 2.45) is 0 Å². The predicted octanol–water partition coefficient (Wildman–Crippen LogP) is 4.66. The highest BCUT2D eigenvalue weighted by molar-refractivity contribution is 6.31. The van der Waals surface area contributed by atoms with Crippen LogP contribution in [0, 0.1) is 0 Å². The zero-order chi connectivity index (χ0) is 21.9. The molecule has 0 bridgehead atoms. The van der Waals surface area contributed by atoms with E-state index in [1.54, 1.807) is 6.33 Å². The van der Waals surface area contributed by atoms with Crippen LogP contribution in [0.4, 0.5) is 0 Å². The van der Waals surface area contributed by atoms with Gasteiger partial charge in [-0.3, -0.25) is 4.57 Å². The molecule has 33 heavy (non-hydrogen) atoms. The van der Waals surface area contributed by atoms with E-state index in [9.17, 15) is 0 Å². The van der Waals surface area contributed by atoms with E-state index in [0.29, 0.717) is 41.3 Å². The molecule has 9 heteroatoms. The highest BCUT2D eigenvalue weighted by atomic mass is 35.5. The van der Waals surface area contributed by atoms with Crippen LogP contribution >= 0.6 is 11.6 Å². The van der Waals surface area contributed by atoms with Gasteiger partial charge in [0.1, 0.15) is 17.8 Å². The van der Waals surface area contributed by atoms with Crippen LogP contribution in [0.1, 0.15) is 41.7 Å². The van der Waals surface area contributed by atoms with Gasteiger partial charge in [0.2, 0.25) is 11.7 Å². The Labute approximate surface area is 193 Å². The van der Waals surface area contributed by atoms with Crippen molar-refractivity contribution in [1.82, 2.24) is 34.5 Å². The van der Waals surface area contributed by atoms with E-state index in [2.05, 4.69) is 46.6 Å². The van der Waals surface area contributed by atoms with Crippen LogP contribution in [0.15, 0.2) is 59.4 Å². The summed E-state index contributed by atoms with van der Waals surface area (Å²) in [6.45, 7) is 0.527. The maximum Gasteiger partial charge on any atom is 0.230 e. The Kier molecular flexibility index (Phi) is 4.04. The van der Waals surface area contributed by atoms with Gasteiger partial charge in [-0.25, -0.2) is 4.98 Å². The van der Waals surface area contributed by atoms with Crippen LogP contribution in [0.5, 0.6) is 0 Å². The molecule has 2 aliphatic rings. The second kappa shape index (κ2) is 7.11. The van der Waals surface area contributed by atoms with Gasteiger partial charge < -0.3 is 9.09 Å². The molecule has 0 saturated heterocycles. The maximum absolute atomic E-state index is 6.38. The Balaban J connectivity index is 1.40. The largest absolute Gasteiger partial charge is 0.339 e. The first-order chi connectivity index (χ1) is 16.2. The summed E-state index contributed by atoms with van der Waals surface area (Å²) in [5.41, 5.74) is 4.68. The van der Waals surface area contributed by atoms with Crippen LogP contribution in [-0.4, -0.2) is 34.5 Å². The third-order valence-electron chi connectivity index (χ3n) is 6.25. The maximum atomic E-state index is 6.38. The molecule has 4 heterocycles. The quantitative estimate of drug-likeness (QED) is 0.384. The van der Waals surface area contributed by atoms with Gasteiger partial charge in [0.25, 0.3) is 0 Å². The Hall–Kier alpha value is -3.78. The summed E-state index contributed by atoms with van der Waals surface area (Å²) >= 11 is 6.38. The number of imidazole rings is 1. The summed E-state index contributed by atoms with van der Waals surface area (Å²) in [7, 11) is 0. The Morgan fingerprint density at radius 2 is 1.94 bits per heavy atom. The minimum Gasteiger partial charge on any atom is -0.339 e. The lowest BCUT2D eigenvalue weighted by Crippen LogP contribution is -2.09. The van der Waals surface area contributed by atoms with Crippen LogP contribution in [0.25, 0.3) is 28.6 Å². The first kappa shape index (κ1) is 18.8. The van der Waals surface area contributed by atoms with E-state index in [0.717, 1.165) is 41.4 Å². The SMILES string of the molecule is Clc1ccc2c(c1)-c1nnc(Cc3ccccc3)n1Cc1c(-c3noc(C4CC4)n3)ncn1-2. The van der Waals surface area contributed by atoms with Gasteiger partial charge in [-0.15, -0.1) is 10.2 Å². The summed E-state index contributed by atoms with van der Waals surface area (Å²) < 4.78 is 9.72. The van der Waals surface area contributed by atoms with Gasteiger partial charge >= 0.3 is 0 Å². The molecule has 0 amide bonds. The molecule has 0 unspecified atom stereocenters. The molecule has 0 N–H and O–H groups in total. The Morgan fingerprint density at radius 1 is 1.06 bits per heavy atom. The summed E-state index contributed by atoms with van der Waals surface area (Å²) in [6.07, 6.45) is 4.68. The number of nitrogens with zero attached hydrogens (tertiary/aromatic N) is 7. The summed E-state index contributed by atoms with van der Waals surface area (Å²) in [4.78, 5) is 9.33. The topological polar surface area (TPSA) is 87.4 Å². The lowest BCUT2D eigenvalue weighted by molar-refractivity contribution is 0.380. The number of fused-ring (bicyclic) bond motifs is 5. The zero-order valence-corrected chi connectivity index (χ0v) is 18.3. The molecule has 7 rings (SSSR count). The summed E-state index contributed by atoms with van der Waals surface area (Å²) in [5, 5.41) is 14.0. The van der Waals surface area contributed by atoms with Crippen molar-refractivity contribution < 1.29 is 4.52 Å². The van der Waals surface area contributed by atoms with Crippen molar-refractivity contribution in [2.45, 2.75) is 31.7 Å². The summed E-state index contributed by atoms with van der Waals surface area (Å²) in [5.74, 6) is 3.25.